The molecular weight excluding hydrogens is 372 g/mol. The molecule has 1 aliphatic heterocycles. The molecule has 0 spiro atoms. The summed E-state index contributed by atoms with van der Waals surface area (Å²) in [6.07, 6.45) is 1.40. The summed E-state index contributed by atoms with van der Waals surface area (Å²) in [7, 11) is 1.31. The maximum absolute atomic E-state index is 12.2. The number of nitrogens with zero attached hydrogens (tertiary/aromatic N) is 2. The van der Waals surface area contributed by atoms with Crippen LogP contribution in [0.15, 0.2) is 30.3 Å². The Morgan fingerprint density at radius 3 is 2.52 bits per heavy atom. The molecule has 1 aliphatic rings. The first kappa shape index (κ1) is 19.1. The van der Waals surface area contributed by atoms with Gasteiger partial charge in [0.05, 0.1) is 23.4 Å². The topological polar surface area (TPSA) is 102 Å². The Morgan fingerprint density at radius 2 is 1.85 bits per heavy atom. The first-order chi connectivity index (χ1) is 13.1. The molecule has 0 radical (unpaired) electrons. The number of carbonyl (C=O) groups is 2. The molecule has 0 bridgehead atoms. The number of rotatable bonds is 5. The summed E-state index contributed by atoms with van der Waals surface area (Å²) in [5, 5.41) is 14.2. The number of nitrogens with one attached hydrogen (secondary N) is 2. The fraction of sp³-hybridized carbons (Fsp3) is 0.333. The lowest BCUT2D eigenvalue weighted by atomic mass is 9.99. The van der Waals surface area contributed by atoms with E-state index >= 15 is 0 Å². The molecule has 142 valence electrons. The number of aromatic nitrogens is 2. The zero-order valence-electron chi connectivity index (χ0n) is 14.7. The largest absolute Gasteiger partial charge is 0.465 e. The smallest absolute Gasteiger partial charge is 0.337 e. The number of methoxy groups -OCH3 is 1. The Labute approximate surface area is 161 Å². The van der Waals surface area contributed by atoms with Crippen molar-refractivity contribution in [1.82, 2.24) is 10.2 Å². The van der Waals surface area contributed by atoms with Crippen LogP contribution in [0.25, 0.3) is 0 Å². The van der Waals surface area contributed by atoms with Gasteiger partial charge in [0.15, 0.2) is 11.6 Å². The van der Waals surface area contributed by atoms with Crippen molar-refractivity contribution in [1.29, 1.82) is 0 Å². The molecule has 8 nitrogen and oxygen atoms in total. The van der Waals surface area contributed by atoms with Crippen LogP contribution >= 0.6 is 11.6 Å². The molecule has 0 aliphatic carbocycles. The Balaban J connectivity index is 1.65. The minimum Gasteiger partial charge on any atom is -0.465 e. The van der Waals surface area contributed by atoms with E-state index in [0.29, 0.717) is 54.0 Å². The predicted molar refractivity (Wildman–Crippen MR) is 100 cm³/mol. The molecule has 2 heterocycles. The Morgan fingerprint density at radius 1 is 1.15 bits per heavy atom. The molecule has 1 aromatic carbocycles. The Bertz CT molecular complexity index is 823. The van der Waals surface area contributed by atoms with Gasteiger partial charge in [-0.05, 0) is 43.2 Å². The first-order valence-electron chi connectivity index (χ1n) is 8.44. The number of halogens is 1. The van der Waals surface area contributed by atoms with Crippen LogP contribution in [0.3, 0.4) is 0 Å². The zero-order valence-corrected chi connectivity index (χ0v) is 15.5. The monoisotopic (exact) mass is 390 g/mol. The summed E-state index contributed by atoms with van der Waals surface area (Å²) in [6, 6.07) is 8.03. The molecule has 2 aromatic rings. The quantitative estimate of drug-likeness (QED) is 0.756. The predicted octanol–water partition coefficient (Wildman–Crippen LogP) is 3.03. The third kappa shape index (κ3) is 4.93. The molecule has 0 atom stereocenters. The van der Waals surface area contributed by atoms with Gasteiger partial charge in [0.25, 0.3) is 0 Å². The first-order valence-corrected chi connectivity index (χ1v) is 8.82. The molecular formula is C18H19ClN4O4. The van der Waals surface area contributed by atoms with Crippen LogP contribution in [0, 0.1) is 5.92 Å². The Hall–Kier alpha value is -2.71. The fourth-order valence-electron chi connectivity index (χ4n) is 2.66. The minimum absolute atomic E-state index is 0.0711. The van der Waals surface area contributed by atoms with E-state index in [1.165, 1.54) is 7.11 Å². The van der Waals surface area contributed by atoms with Crippen LogP contribution < -0.4 is 10.6 Å². The lowest BCUT2D eigenvalue weighted by Gasteiger charge is -2.20. The van der Waals surface area contributed by atoms with E-state index in [9.17, 15) is 9.59 Å². The van der Waals surface area contributed by atoms with Gasteiger partial charge in [-0.3, -0.25) is 4.79 Å². The SMILES string of the molecule is COC(=O)c1ccc(Cl)c(Nc2ccc(NC(=O)C3CCOCC3)nn2)c1. The number of amides is 1. The van der Waals surface area contributed by atoms with Gasteiger partial charge in [-0.25, -0.2) is 4.79 Å². The van der Waals surface area contributed by atoms with Crippen LogP contribution in [0.5, 0.6) is 0 Å². The maximum Gasteiger partial charge on any atom is 0.337 e. The summed E-state index contributed by atoms with van der Waals surface area (Å²) in [6.45, 7) is 1.19. The van der Waals surface area contributed by atoms with E-state index in [1.807, 2.05) is 0 Å². The van der Waals surface area contributed by atoms with Gasteiger partial charge in [0.2, 0.25) is 5.91 Å². The average Bonchev–Trinajstić information content (AvgIpc) is 2.71. The number of hydrogen-bond acceptors (Lipinski definition) is 7. The van der Waals surface area contributed by atoms with Crippen LogP contribution in [0.1, 0.15) is 23.2 Å². The maximum atomic E-state index is 12.2. The highest BCUT2D eigenvalue weighted by molar-refractivity contribution is 6.33. The van der Waals surface area contributed by atoms with Crippen molar-refractivity contribution < 1.29 is 19.1 Å². The molecule has 0 unspecified atom stereocenters. The van der Waals surface area contributed by atoms with Crippen molar-refractivity contribution in [2.75, 3.05) is 31.0 Å². The van der Waals surface area contributed by atoms with Crippen molar-refractivity contribution in [3.63, 3.8) is 0 Å². The second-order valence-electron chi connectivity index (χ2n) is 5.99. The second kappa shape index (κ2) is 8.79. The zero-order chi connectivity index (χ0) is 19.2. The van der Waals surface area contributed by atoms with Crippen molar-refractivity contribution in [3.8, 4) is 0 Å². The fourth-order valence-corrected chi connectivity index (χ4v) is 2.82. The minimum atomic E-state index is -0.466. The third-order valence-electron chi connectivity index (χ3n) is 4.16. The normalized spacial score (nSPS) is 14.4. The highest BCUT2D eigenvalue weighted by atomic mass is 35.5. The number of carbonyl (C=O) groups excluding carboxylic acids is 2. The van der Waals surface area contributed by atoms with E-state index in [4.69, 9.17) is 21.1 Å². The highest BCUT2D eigenvalue weighted by Gasteiger charge is 2.22. The Kier molecular flexibility index (Phi) is 6.20. The van der Waals surface area contributed by atoms with Gasteiger partial charge in [-0.1, -0.05) is 11.6 Å². The number of esters is 1. The van der Waals surface area contributed by atoms with Crippen LogP contribution in [0.4, 0.5) is 17.3 Å². The van der Waals surface area contributed by atoms with Crippen molar-refractivity contribution >= 4 is 40.8 Å². The van der Waals surface area contributed by atoms with Gasteiger partial charge in [0, 0.05) is 19.1 Å². The standard InChI is InChI=1S/C18H19ClN4O4/c1-26-18(25)12-2-3-13(19)14(10-12)20-15-4-5-16(23-22-15)21-17(24)11-6-8-27-9-7-11/h2-5,10-11H,6-9H2,1H3,(H,20,22)(H,21,23,24). The van der Waals surface area contributed by atoms with Crippen molar-refractivity contribution in [2.24, 2.45) is 5.92 Å². The van der Waals surface area contributed by atoms with Gasteiger partial charge < -0.3 is 20.1 Å². The second-order valence-corrected chi connectivity index (χ2v) is 6.40. The summed E-state index contributed by atoms with van der Waals surface area (Å²) in [5.74, 6) is 0.168. The van der Waals surface area contributed by atoms with E-state index in [-0.39, 0.29) is 11.8 Å². The summed E-state index contributed by atoms with van der Waals surface area (Å²) in [4.78, 5) is 23.8. The van der Waals surface area contributed by atoms with Gasteiger partial charge >= 0.3 is 5.97 Å². The van der Waals surface area contributed by atoms with Crippen LogP contribution in [0.2, 0.25) is 5.02 Å². The van der Waals surface area contributed by atoms with Crippen LogP contribution in [-0.2, 0) is 14.3 Å². The number of hydrogen-bond donors (Lipinski definition) is 2. The van der Waals surface area contributed by atoms with Crippen molar-refractivity contribution in [2.45, 2.75) is 12.8 Å². The molecule has 9 heteroatoms. The lowest BCUT2D eigenvalue weighted by Crippen LogP contribution is -2.28. The molecule has 3 rings (SSSR count). The van der Waals surface area contributed by atoms with Gasteiger partial charge in [-0.2, -0.15) is 0 Å². The van der Waals surface area contributed by atoms with Gasteiger partial charge in [0.1, 0.15) is 0 Å². The van der Waals surface area contributed by atoms with Gasteiger partial charge in [-0.15, -0.1) is 10.2 Å². The summed E-state index contributed by atoms with van der Waals surface area (Å²) >= 11 is 6.15. The van der Waals surface area contributed by atoms with Crippen LogP contribution in [-0.4, -0.2) is 42.4 Å². The van der Waals surface area contributed by atoms with E-state index in [1.54, 1.807) is 30.3 Å². The lowest BCUT2D eigenvalue weighted by molar-refractivity contribution is -0.122. The number of anilines is 3. The molecule has 2 N–H and O–H groups in total. The number of ether oxygens (including phenoxy) is 2. The van der Waals surface area contributed by atoms with E-state index in [2.05, 4.69) is 20.8 Å². The highest BCUT2D eigenvalue weighted by Crippen LogP contribution is 2.26. The molecule has 1 amide bonds. The van der Waals surface area contributed by atoms with Crippen molar-refractivity contribution in [3.05, 3.63) is 40.9 Å². The molecule has 1 fully saturated rings. The molecule has 1 saturated heterocycles. The molecule has 27 heavy (non-hydrogen) atoms. The summed E-state index contributed by atoms with van der Waals surface area (Å²) in [5.41, 5.74) is 0.852. The summed E-state index contributed by atoms with van der Waals surface area (Å²) < 4.78 is 9.95. The molecule has 1 aromatic heterocycles. The molecule has 0 saturated carbocycles. The average molecular weight is 391 g/mol. The number of benzene rings is 1. The van der Waals surface area contributed by atoms with E-state index < -0.39 is 5.97 Å². The third-order valence-corrected chi connectivity index (χ3v) is 4.49. The van der Waals surface area contributed by atoms with E-state index in [0.717, 1.165) is 0 Å².